The summed E-state index contributed by atoms with van der Waals surface area (Å²) in [6.45, 7) is -0.376. The number of carboxylic acid groups (broad SMARTS) is 2. The number of carboxylic acids is 2. The van der Waals surface area contributed by atoms with E-state index in [1.165, 1.54) is 6.92 Å². The second-order valence-corrected chi connectivity index (χ2v) is 20.4. The molecule has 20 unspecified atom stereocenters. The van der Waals surface area contributed by atoms with Crippen LogP contribution in [0.25, 0.3) is 0 Å². The van der Waals surface area contributed by atoms with E-state index in [4.69, 9.17) is 48.3 Å². The minimum absolute atomic E-state index is 0.0896. The Morgan fingerprint density at radius 2 is 1.23 bits per heavy atom. The molecule has 74 heavy (non-hydrogen) atoms. The van der Waals surface area contributed by atoms with Crippen molar-refractivity contribution in [2.45, 2.75) is 169 Å². The molecule has 13 N–H and O–H groups in total. The van der Waals surface area contributed by atoms with Crippen molar-refractivity contribution in [2.24, 2.45) is 4.36 Å². The first-order chi connectivity index (χ1) is 34.5. The van der Waals surface area contributed by atoms with E-state index in [0.717, 1.165) is 0 Å². The molecule has 0 aromatic rings. The fraction of sp³-hybridized carbons (Fsp3) is 0.912. The van der Waals surface area contributed by atoms with E-state index in [1.54, 1.807) is 0 Å². The van der Waals surface area contributed by atoms with Gasteiger partial charge in [-0.25, -0.2) is 36.0 Å². The highest BCUT2D eigenvalue weighted by Crippen LogP contribution is 2.37. The van der Waals surface area contributed by atoms with Crippen molar-refractivity contribution in [3.63, 3.8) is 0 Å². The SMILES string of the molecule is CCC1OC(OC2C(C(=O)O)OC(OC3C(O)CC(OC4C(C(=O)O)OC(OCCCCCCNC(=O)CCO)C(OS(=O)(=O)O)C4O)OC3COS(=O)(=O)O)C(OS(=O)(=O)O)C2O)C(/N=[SH](=O)/OO)C(O)C1O. The van der Waals surface area contributed by atoms with Gasteiger partial charge in [0, 0.05) is 26.0 Å². The largest absolute Gasteiger partial charge is 0.479 e. The van der Waals surface area contributed by atoms with Gasteiger partial charge in [-0.1, -0.05) is 19.8 Å². The smallest absolute Gasteiger partial charge is 0.397 e. The van der Waals surface area contributed by atoms with Gasteiger partial charge in [-0.05, 0) is 19.3 Å². The number of hydrogen-bond acceptors (Lipinski definition) is 30. The van der Waals surface area contributed by atoms with E-state index in [2.05, 4.69) is 26.6 Å². The fourth-order valence-electron chi connectivity index (χ4n) is 7.85. The summed E-state index contributed by atoms with van der Waals surface area (Å²) in [5.41, 5.74) is 0. The van der Waals surface area contributed by atoms with Crippen LogP contribution in [0.15, 0.2) is 4.36 Å². The molecule has 0 aromatic heterocycles. The molecule has 36 nitrogen and oxygen atoms in total. The molecule has 0 aromatic carbocycles. The van der Waals surface area contributed by atoms with E-state index in [1.807, 2.05) is 0 Å². The zero-order valence-electron chi connectivity index (χ0n) is 38.2. The second kappa shape index (κ2) is 28.3. The molecule has 0 spiro atoms. The van der Waals surface area contributed by atoms with Crippen LogP contribution in [0.2, 0.25) is 0 Å². The lowest BCUT2D eigenvalue weighted by atomic mass is 9.94. The Kier molecular flexibility index (Phi) is 24.4. The van der Waals surface area contributed by atoms with Crippen molar-refractivity contribution in [3.8, 4) is 0 Å². The first-order valence-corrected chi connectivity index (χ1v) is 27.1. The standard InChI is InChI=1S/C34H58N2O34S4/c1-2-14-19(40)20(41)18(36-71(49)70-48)32(62-14)65-25-22(43)27(69-74(56,57)58)34(67-29(25)31(46)47)64-23-13(38)11-17(61-15(23)12-60-72(50,51)52)63-24-21(42)26(68-73(53,54)55)33(66-28(24)30(44)45)59-10-6-4-3-5-8-35-16(39)7-9-37/h13-15,17-29,32-34,37-38,40-43,48,71H,2-12H2,1H3,(H,35,39)(H,44,45)(H,46,47)(H,50,51,52)(H,53,54,55)(H,56,57,58). The van der Waals surface area contributed by atoms with E-state index in [9.17, 15) is 93.2 Å². The number of nitrogens with one attached hydrogen (secondary N) is 1. The van der Waals surface area contributed by atoms with Crippen molar-refractivity contribution in [1.82, 2.24) is 5.32 Å². The number of thiol groups is 1. The summed E-state index contributed by atoms with van der Waals surface area (Å²) in [7, 11) is -20.2. The summed E-state index contributed by atoms with van der Waals surface area (Å²) >= 11 is 0. The summed E-state index contributed by atoms with van der Waals surface area (Å²) in [5.74, 6) is -4.36. The molecule has 4 saturated heterocycles. The Bertz CT molecular complexity index is 2270. The minimum Gasteiger partial charge on any atom is -0.479 e. The third kappa shape index (κ3) is 18.8. The van der Waals surface area contributed by atoms with Gasteiger partial charge in [0.15, 0.2) is 60.5 Å². The fourth-order valence-corrected chi connectivity index (χ4v) is 9.63. The molecule has 20 atom stereocenters. The van der Waals surface area contributed by atoms with Gasteiger partial charge < -0.3 is 84.1 Å². The molecule has 0 saturated carbocycles. The Labute approximate surface area is 421 Å². The number of aliphatic carboxylic acids is 2. The van der Waals surface area contributed by atoms with Crippen LogP contribution in [0.1, 0.15) is 51.9 Å². The molecule has 4 heterocycles. The molecule has 0 bridgehead atoms. The molecule has 4 aliphatic rings. The van der Waals surface area contributed by atoms with Crippen molar-refractivity contribution in [1.29, 1.82) is 0 Å². The summed E-state index contributed by atoms with van der Waals surface area (Å²) in [6, 6.07) is -2.03. The number of carbonyl (C=O) groups is 3. The molecule has 0 aliphatic carbocycles. The van der Waals surface area contributed by atoms with Crippen LogP contribution in [-0.4, -0.2) is 250 Å². The number of amides is 1. The van der Waals surface area contributed by atoms with Crippen LogP contribution >= 0.6 is 0 Å². The average molecular weight is 1170 g/mol. The lowest BCUT2D eigenvalue weighted by molar-refractivity contribution is -0.364. The van der Waals surface area contributed by atoms with Gasteiger partial charge in [0.05, 0.1) is 25.4 Å². The van der Waals surface area contributed by atoms with Gasteiger partial charge >= 0.3 is 43.1 Å². The topological polar surface area (TPSA) is 549 Å². The van der Waals surface area contributed by atoms with Crippen LogP contribution in [0.5, 0.6) is 0 Å². The first kappa shape index (κ1) is 63.9. The summed E-state index contributed by atoms with van der Waals surface area (Å²) in [6.07, 6.45) is -40.3. The maximum atomic E-state index is 12.7. The van der Waals surface area contributed by atoms with E-state index in [0.29, 0.717) is 19.3 Å². The van der Waals surface area contributed by atoms with Crippen molar-refractivity contribution in [3.05, 3.63) is 0 Å². The average Bonchev–Trinajstić information content (AvgIpc) is 3.29. The second-order valence-electron chi connectivity index (χ2n) is 16.4. The highest BCUT2D eigenvalue weighted by atomic mass is 32.3. The molecule has 40 heteroatoms. The zero-order valence-corrected chi connectivity index (χ0v) is 41.6. The molecule has 4 fully saturated rings. The van der Waals surface area contributed by atoms with Crippen LogP contribution in [0.3, 0.4) is 0 Å². The number of hydrogen-bond donors (Lipinski definition) is 14. The van der Waals surface area contributed by atoms with Gasteiger partial charge in [-0.2, -0.15) is 25.3 Å². The third-order valence-corrected chi connectivity index (χ3v) is 13.1. The van der Waals surface area contributed by atoms with Crippen LogP contribution in [-0.2, 0) is 111 Å². The van der Waals surface area contributed by atoms with Crippen molar-refractivity contribution < 1.29 is 158 Å². The monoisotopic (exact) mass is 1170 g/mol. The maximum Gasteiger partial charge on any atom is 0.397 e. The maximum absolute atomic E-state index is 12.7. The number of aliphatic hydroxyl groups is 6. The zero-order chi connectivity index (χ0) is 55.5. The lowest BCUT2D eigenvalue weighted by Crippen LogP contribution is -2.67. The number of ether oxygens (including phenoxy) is 8. The quantitative estimate of drug-likeness (QED) is 0.0114. The van der Waals surface area contributed by atoms with Crippen molar-refractivity contribution >= 4 is 59.9 Å². The molecule has 432 valence electrons. The van der Waals surface area contributed by atoms with E-state index < -0.39 is 184 Å². The van der Waals surface area contributed by atoms with Crippen LogP contribution in [0.4, 0.5) is 0 Å². The molecule has 4 rings (SSSR count). The Hall–Kier alpha value is -2.67. The summed E-state index contributed by atoms with van der Waals surface area (Å²) < 4.78 is 177. The molecular formula is C34H58N2O34S4. The van der Waals surface area contributed by atoms with Crippen LogP contribution < -0.4 is 5.32 Å². The van der Waals surface area contributed by atoms with Crippen LogP contribution in [0, 0.1) is 0 Å². The van der Waals surface area contributed by atoms with Gasteiger partial charge in [0.25, 0.3) is 0 Å². The predicted octanol–water partition coefficient (Wildman–Crippen LogP) is -6.48. The highest BCUT2D eigenvalue weighted by Gasteiger charge is 2.58. The minimum atomic E-state index is -5.77. The van der Waals surface area contributed by atoms with Gasteiger partial charge in [0.1, 0.15) is 54.9 Å². The summed E-state index contributed by atoms with van der Waals surface area (Å²) in [5, 5.41) is 96.1. The highest BCUT2D eigenvalue weighted by molar-refractivity contribution is 7.81. The number of unbranched alkanes of at least 4 members (excludes halogenated alkanes) is 3. The number of nitrogens with zero attached hydrogens (tertiary/aromatic N) is 1. The molecule has 4 aliphatic heterocycles. The number of rotatable bonds is 28. The first-order valence-electron chi connectivity index (χ1n) is 21.8. The summed E-state index contributed by atoms with van der Waals surface area (Å²) in [4.78, 5) is 36.7. The van der Waals surface area contributed by atoms with Gasteiger partial charge in [-0.15, -0.1) is 4.33 Å². The van der Waals surface area contributed by atoms with E-state index in [-0.39, 0.29) is 44.9 Å². The molecular weight excluding hydrogens is 1110 g/mol. The normalized spacial score (nSPS) is 36.8. The predicted molar refractivity (Wildman–Crippen MR) is 228 cm³/mol. The Morgan fingerprint density at radius 3 is 1.77 bits per heavy atom. The van der Waals surface area contributed by atoms with Crippen molar-refractivity contribution in [2.75, 3.05) is 26.4 Å². The Morgan fingerprint density at radius 1 is 0.676 bits per heavy atom. The lowest BCUT2D eigenvalue weighted by Gasteiger charge is -2.48. The van der Waals surface area contributed by atoms with Gasteiger partial charge in [0.2, 0.25) is 5.91 Å². The van der Waals surface area contributed by atoms with E-state index >= 15 is 0 Å². The molecule has 0 radical (unpaired) electrons. The number of carbonyl (C=O) groups excluding carboxylic acids is 1. The van der Waals surface area contributed by atoms with Gasteiger partial charge in [-0.3, -0.25) is 18.5 Å². The number of aliphatic hydroxyl groups excluding tert-OH is 6. The molecule has 1 amide bonds. The third-order valence-electron chi connectivity index (χ3n) is 11.2. The Balaban J connectivity index is 1.59.